The molecule has 0 amide bonds. The van der Waals surface area contributed by atoms with E-state index in [9.17, 15) is 0 Å². The molecule has 0 saturated carbocycles. The van der Waals surface area contributed by atoms with Gasteiger partial charge >= 0.3 is 0 Å². The lowest BCUT2D eigenvalue weighted by molar-refractivity contribution is 0.754. The molecule has 21 aromatic rings. The van der Waals surface area contributed by atoms with E-state index in [1.54, 1.807) is 11.3 Å². The number of hydrogen-bond acceptors (Lipinski definition) is 14. The number of thiophene rings is 2. The van der Waals surface area contributed by atoms with Gasteiger partial charge in [0, 0.05) is 99.1 Å². The largest absolute Gasteiger partial charge is 0.208 e. The summed E-state index contributed by atoms with van der Waals surface area (Å²) in [7, 11) is 0. The molecule has 0 aliphatic heterocycles. The van der Waals surface area contributed by atoms with E-state index in [1.807, 2.05) is 169 Å². The van der Waals surface area contributed by atoms with E-state index >= 15 is 0 Å². The number of benzene rings is 15. The summed E-state index contributed by atoms with van der Waals surface area (Å²) in [6.45, 7) is 0. The van der Waals surface area contributed by atoms with Crippen molar-refractivity contribution in [2.75, 3.05) is 0 Å². The molecule has 4 atom stereocenters. The van der Waals surface area contributed by atoms with Crippen molar-refractivity contribution in [3.63, 3.8) is 0 Å². The molecule has 27 rings (SSSR count). The lowest BCUT2D eigenvalue weighted by atomic mass is 9.61. The fraction of sp³-hybridized carbons (Fsp3) is 0.0364. The average molecular weight is 1620 g/mol. The van der Waals surface area contributed by atoms with Gasteiger partial charge < -0.3 is 0 Å². The second-order valence-electron chi connectivity index (χ2n) is 31.7. The van der Waals surface area contributed by atoms with Gasteiger partial charge in [-0.15, -0.1) is 22.7 Å². The van der Waals surface area contributed by atoms with Crippen molar-refractivity contribution < 1.29 is 0 Å². The van der Waals surface area contributed by atoms with Gasteiger partial charge in [-0.1, -0.05) is 340 Å². The predicted molar refractivity (Wildman–Crippen MR) is 497 cm³/mol. The Balaban J connectivity index is 0.000000140. The highest BCUT2D eigenvalue weighted by molar-refractivity contribution is 7.22. The Morgan fingerprint density at radius 2 is 0.331 bits per heavy atom. The maximum Gasteiger partial charge on any atom is 0.174 e. The van der Waals surface area contributed by atoms with E-state index in [0.29, 0.717) is 69.9 Å². The monoisotopic (exact) mass is 1620 g/mol. The van der Waals surface area contributed by atoms with Crippen LogP contribution in [0.15, 0.2) is 388 Å². The third-order valence-corrected chi connectivity index (χ3v) is 26.6. The Bertz CT molecular complexity index is 7580. The molecule has 0 radical (unpaired) electrons. The van der Waals surface area contributed by atoms with Crippen molar-refractivity contribution in [2.24, 2.45) is 0 Å². The molecule has 4 unspecified atom stereocenters. The average Bonchev–Trinajstić information content (AvgIpc) is 1.22. The van der Waals surface area contributed by atoms with E-state index in [1.165, 1.54) is 97.4 Å². The summed E-state index contributed by atoms with van der Waals surface area (Å²) in [6.07, 6.45) is 0. The van der Waals surface area contributed by atoms with Crippen LogP contribution in [0.4, 0.5) is 0 Å². The summed E-state index contributed by atoms with van der Waals surface area (Å²) < 4.78 is 2.49. The molecule has 6 aromatic heterocycles. The van der Waals surface area contributed by atoms with E-state index in [4.69, 9.17) is 59.8 Å². The predicted octanol–water partition coefficient (Wildman–Crippen LogP) is 26.2. The molecule has 6 aliphatic carbocycles. The molecule has 4 bridgehead atoms. The summed E-state index contributed by atoms with van der Waals surface area (Å²) >= 11 is 3.52. The minimum Gasteiger partial charge on any atom is -0.208 e. The highest BCUT2D eigenvalue weighted by Crippen LogP contribution is 2.59. The molecule has 580 valence electrons. The van der Waals surface area contributed by atoms with Crippen molar-refractivity contribution >= 4 is 42.8 Å². The van der Waals surface area contributed by atoms with Gasteiger partial charge in [-0.05, 0) is 132 Å². The summed E-state index contributed by atoms with van der Waals surface area (Å²) in [6, 6.07) is 136. The molecule has 6 aliphatic rings. The number of rotatable bonds is 13. The fourth-order valence-corrected chi connectivity index (χ4v) is 20.6. The first-order valence-electron chi connectivity index (χ1n) is 41.6. The zero-order chi connectivity index (χ0) is 81.7. The summed E-state index contributed by atoms with van der Waals surface area (Å²) in [5.41, 5.74) is 27.4. The zero-order valence-electron chi connectivity index (χ0n) is 66.4. The topological polar surface area (TPSA) is 155 Å². The van der Waals surface area contributed by atoms with Crippen LogP contribution in [0.2, 0.25) is 0 Å². The quantitative estimate of drug-likeness (QED) is 0.108. The van der Waals surface area contributed by atoms with E-state index in [0.717, 1.165) is 66.1 Å². The van der Waals surface area contributed by atoms with Gasteiger partial charge in [0.1, 0.15) is 0 Å². The minimum absolute atomic E-state index is 0.0321. The maximum atomic E-state index is 5.20. The first kappa shape index (κ1) is 72.3. The first-order chi connectivity index (χ1) is 61.4. The number of hydrogen-bond donors (Lipinski definition) is 0. The van der Waals surface area contributed by atoms with Crippen LogP contribution in [-0.4, -0.2) is 59.8 Å². The summed E-state index contributed by atoms with van der Waals surface area (Å²) in [5, 5.41) is 2.45. The van der Waals surface area contributed by atoms with Crippen LogP contribution in [0, 0.1) is 0 Å². The van der Waals surface area contributed by atoms with Crippen LogP contribution in [0.5, 0.6) is 0 Å². The van der Waals surface area contributed by atoms with Crippen molar-refractivity contribution in [3.05, 3.63) is 455 Å². The number of aromatic nitrogens is 12. The van der Waals surface area contributed by atoms with Crippen LogP contribution in [-0.2, 0) is 0 Å². The van der Waals surface area contributed by atoms with Crippen LogP contribution in [0.25, 0.3) is 167 Å². The zero-order valence-corrected chi connectivity index (χ0v) is 68.1. The molecular weight excluding hydrogens is 1550 g/mol. The molecule has 14 heteroatoms. The van der Waals surface area contributed by atoms with E-state index in [2.05, 4.69) is 231 Å². The van der Waals surface area contributed by atoms with Gasteiger partial charge in [0.2, 0.25) is 0 Å². The van der Waals surface area contributed by atoms with Crippen LogP contribution in [0.1, 0.15) is 90.4 Å². The Hall–Kier alpha value is -15.7. The van der Waals surface area contributed by atoms with E-state index in [-0.39, 0.29) is 23.7 Å². The Morgan fingerprint density at radius 3 is 0.605 bits per heavy atom. The second kappa shape index (κ2) is 30.2. The minimum atomic E-state index is 0.0321. The molecule has 0 N–H and O–H groups in total. The Labute approximate surface area is 722 Å². The Morgan fingerprint density at radius 1 is 0.137 bits per heavy atom. The third kappa shape index (κ3) is 12.9. The van der Waals surface area contributed by atoms with Crippen LogP contribution in [0.3, 0.4) is 0 Å². The number of nitrogens with zero attached hydrogens (tertiary/aromatic N) is 12. The molecule has 124 heavy (non-hydrogen) atoms. The summed E-state index contributed by atoms with van der Waals surface area (Å²) in [4.78, 5) is 63.2. The van der Waals surface area contributed by atoms with Gasteiger partial charge in [-0.3, -0.25) is 0 Å². The fourth-order valence-electron chi connectivity index (χ4n) is 18.5. The second-order valence-corrected chi connectivity index (χ2v) is 33.8. The molecule has 6 heterocycles. The standard InChI is InChI=1S/C58H36N6S.C52H32N6S/c1-4-14-36(15-5-1)53-59-54(37-16-6-2-7-17-37)62-57(61-53)41-28-30-45-47(32-41)51-43-21-11-12-22-44(43)52(45)48-33-42(29-31-46(48)51)58-63-55(38-18-8-3-9-19-38)60-56(64-58)39-26-24-35(25-27-39)50-34-40-20-10-13-23-49(40)65-50;1-4-14-31(15-5-1)47-53-48(32-16-6-2-7-17-32)55-50(54-47)35-24-26-39-41(28-35)45-37-21-11-12-22-38(37)46(39)42-29-36(25-27-40(42)45)51-56-49(33-18-8-3-9-19-33)57-52(58-51)44-30-34-20-10-13-23-43(34)59-44/h1-34,51-52H;1-30,45-46H. The van der Waals surface area contributed by atoms with Gasteiger partial charge in [-0.2, -0.15) is 0 Å². The lowest BCUT2D eigenvalue weighted by Crippen LogP contribution is -2.27. The molecular formula is C110H68N12S2. The SMILES string of the molecule is c1ccc(-c2nc(-c3ccccc3)nc(-c3ccc4c(c3)C3c5ccccc5C4c4cc(-c5nc(-c6ccccc6)nc(-c6cc7ccccc7s6)n5)ccc43)n2)cc1.c1ccc(-c2nc(-c3ccccc3)nc(-c3ccc4c(c3)C3c5ccccc5C4c4cc(-c5nc(-c6ccccc6)nc(-c6ccc(-c7cc8ccccc8s7)cc6)n5)ccc43)n2)cc1. The number of fused-ring (bicyclic) bond motifs is 2. The van der Waals surface area contributed by atoms with Gasteiger partial charge in [0.25, 0.3) is 0 Å². The molecule has 12 nitrogen and oxygen atoms in total. The van der Waals surface area contributed by atoms with Crippen molar-refractivity contribution in [3.8, 4) is 146 Å². The van der Waals surface area contributed by atoms with Gasteiger partial charge in [0.05, 0.1) is 4.88 Å². The summed E-state index contributed by atoms with van der Waals surface area (Å²) in [5.74, 6) is 8.02. The van der Waals surface area contributed by atoms with Crippen molar-refractivity contribution in [2.45, 2.75) is 23.7 Å². The van der Waals surface area contributed by atoms with Crippen molar-refractivity contribution in [1.29, 1.82) is 0 Å². The maximum absolute atomic E-state index is 5.20. The molecule has 0 spiro atoms. The van der Waals surface area contributed by atoms with E-state index < -0.39 is 0 Å². The normalized spacial score (nSPS) is 14.6. The molecule has 0 saturated heterocycles. The van der Waals surface area contributed by atoms with Crippen LogP contribution >= 0.6 is 22.7 Å². The highest BCUT2D eigenvalue weighted by atomic mass is 32.1. The molecule has 15 aromatic carbocycles. The highest BCUT2D eigenvalue weighted by Gasteiger charge is 2.44. The first-order valence-corrected chi connectivity index (χ1v) is 43.2. The third-order valence-electron chi connectivity index (χ3n) is 24.3. The van der Waals surface area contributed by atoms with Gasteiger partial charge in [0.15, 0.2) is 69.9 Å². The lowest BCUT2D eigenvalue weighted by Gasteiger charge is -2.42. The van der Waals surface area contributed by atoms with Crippen molar-refractivity contribution in [1.82, 2.24) is 59.8 Å². The smallest absolute Gasteiger partial charge is 0.174 e. The molecule has 0 fully saturated rings. The Kier molecular flexibility index (Phi) is 17.6. The van der Waals surface area contributed by atoms with Gasteiger partial charge in [-0.25, -0.2) is 59.8 Å². The van der Waals surface area contributed by atoms with Crippen LogP contribution < -0.4 is 0 Å².